The number of hydrogen-bond acceptors (Lipinski definition) is 5. The van der Waals surface area contributed by atoms with Crippen LogP contribution in [0.5, 0.6) is 0 Å². The Balaban J connectivity index is 1.52. The second-order valence-electron chi connectivity index (χ2n) is 7.69. The average molecular weight is 466 g/mol. The Labute approximate surface area is 191 Å². The number of para-hydroxylation sites is 1. The van der Waals surface area contributed by atoms with Gasteiger partial charge >= 0.3 is 0 Å². The molecule has 0 aliphatic heterocycles. The lowest BCUT2D eigenvalue weighted by molar-refractivity contribution is 0.0785. The molecular formula is C24H23N3O3S2. The maximum atomic E-state index is 13.0. The van der Waals surface area contributed by atoms with E-state index in [2.05, 4.69) is 9.71 Å². The smallest absolute Gasteiger partial charge is 0.262 e. The number of carbonyl (C=O) groups is 1. The summed E-state index contributed by atoms with van der Waals surface area (Å²) in [6, 6.07) is 19.7. The first-order valence-corrected chi connectivity index (χ1v) is 12.3. The summed E-state index contributed by atoms with van der Waals surface area (Å²) < 4.78 is 29.5. The third-order valence-corrected chi connectivity index (χ3v) is 7.60. The highest BCUT2D eigenvalue weighted by atomic mass is 32.2. The molecule has 0 aliphatic rings. The van der Waals surface area contributed by atoms with E-state index in [1.165, 1.54) is 0 Å². The van der Waals surface area contributed by atoms with Crippen LogP contribution in [0.2, 0.25) is 0 Å². The largest absolute Gasteiger partial charge is 0.335 e. The molecule has 8 heteroatoms. The Bertz CT molecular complexity index is 1380. The number of fused-ring (bicyclic) bond motifs is 1. The number of nitrogens with one attached hydrogen (secondary N) is 1. The summed E-state index contributed by atoms with van der Waals surface area (Å²) in [5, 5.41) is 0.842. The Morgan fingerprint density at radius 2 is 1.81 bits per heavy atom. The molecule has 0 saturated carbocycles. The van der Waals surface area contributed by atoms with Crippen LogP contribution in [0.15, 0.2) is 71.6 Å². The zero-order chi connectivity index (χ0) is 22.9. The molecular weight excluding hydrogens is 442 g/mol. The minimum atomic E-state index is -3.78. The number of hydrogen-bond donors (Lipinski definition) is 1. The Morgan fingerprint density at radius 3 is 2.59 bits per heavy atom. The molecule has 1 heterocycles. The van der Waals surface area contributed by atoms with E-state index in [0.29, 0.717) is 23.4 Å². The van der Waals surface area contributed by atoms with Gasteiger partial charge in [0.05, 0.1) is 21.7 Å². The summed E-state index contributed by atoms with van der Waals surface area (Å²) in [6.45, 7) is 3.97. The highest BCUT2D eigenvalue weighted by Crippen LogP contribution is 2.24. The van der Waals surface area contributed by atoms with Gasteiger partial charge in [0.1, 0.15) is 5.01 Å². The SMILES string of the molecule is Cc1ccc(C)c(S(=O)(=O)Nc2cccc(C(=O)N(C)Cc3nc4ccccc4s3)c2)c1. The molecule has 0 fully saturated rings. The lowest BCUT2D eigenvalue weighted by Gasteiger charge is -2.17. The first kappa shape index (κ1) is 22.0. The van der Waals surface area contributed by atoms with Gasteiger partial charge in [-0.1, -0.05) is 30.3 Å². The van der Waals surface area contributed by atoms with Crippen LogP contribution in [-0.4, -0.2) is 31.3 Å². The summed E-state index contributed by atoms with van der Waals surface area (Å²) in [6.07, 6.45) is 0. The number of thiazole rings is 1. The van der Waals surface area contributed by atoms with Gasteiger partial charge in [-0.15, -0.1) is 11.3 Å². The number of anilines is 1. The van der Waals surface area contributed by atoms with Gasteiger partial charge in [-0.3, -0.25) is 9.52 Å². The summed E-state index contributed by atoms with van der Waals surface area (Å²) in [5.41, 5.74) is 3.17. The van der Waals surface area contributed by atoms with Crippen LogP contribution in [0.25, 0.3) is 10.2 Å². The molecule has 1 aromatic heterocycles. The van der Waals surface area contributed by atoms with Crippen molar-refractivity contribution in [2.45, 2.75) is 25.3 Å². The van der Waals surface area contributed by atoms with E-state index in [-0.39, 0.29) is 10.8 Å². The molecule has 0 aliphatic carbocycles. The molecule has 32 heavy (non-hydrogen) atoms. The van der Waals surface area contributed by atoms with Gasteiger partial charge in [0.15, 0.2) is 0 Å². The van der Waals surface area contributed by atoms with Crippen molar-refractivity contribution in [1.29, 1.82) is 0 Å². The maximum Gasteiger partial charge on any atom is 0.262 e. The lowest BCUT2D eigenvalue weighted by atomic mass is 10.2. The normalized spacial score (nSPS) is 11.5. The van der Waals surface area contributed by atoms with Crippen molar-refractivity contribution < 1.29 is 13.2 Å². The molecule has 4 rings (SSSR count). The van der Waals surface area contributed by atoms with Crippen LogP contribution in [-0.2, 0) is 16.6 Å². The van der Waals surface area contributed by atoms with Gasteiger partial charge in [0.25, 0.3) is 15.9 Å². The number of sulfonamides is 1. The summed E-state index contributed by atoms with van der Waals surface area (Å²) >= 11 is 1.55. The molecule has 0 atom stereocenters. The third-order valence-electron chi connectivity index (χ3n) is 5.05. The van der Waals surface area contributed by atoms with Crippen molar-refractivity contribution in [3.05, 3.63) is 88.4 Å². The second kappa shape index (κ2) is 8.72. The second-order valence-corrected chi connectivity index (χ2v) is 10.5. The molecule has 1 amide bonds. The monoisotopic (exact) mass is 465 g/mol. The average Bonchev–Trinajstić information content (AvgIpc) is 3.17. The van der Waals surface area contributed by atoms with Crippen molar-refractivity contribution in [3.8, 4) is 0 Å². The van der Waals surface area contributed by atoms with Crippen molar-refractivity contribution in [2.75, 3.05) is 11.8 Å². The van der Waals surface area contributed by atoms with E-state index in [4.69, 9.17) is 0 Å². The van der Waals surface area contributed by atoms with E-state index < -0.39 is 10.0 Å². The highest BCUT2D eigenvalue weighted by molar-refractivity contribution is 7.92. The Hall–Kier alpha value is -3.23. The predicted octanol–water partition coefficient (Wildman–Crippen LogP) is 4.99. The number of carbonyl (C=O) groups excluding carboxylic acids is 1. The lowest BCUT2D eigenvalue weighted by Crippen LogP contribution is -2.26. The fraction of sp³-hybridized carbons (Fsp3) is 0.167. The minimum Gasteiger partial charge on any atom is -0.335 e. The third kappa shape index (κ3) is 4.66. The van der Waals surface area contributed by atoms with Gasteiger partial charge in [0.2, 0.25) is 0 Å². The van der Waals surface area contributed by atoms with Crippen molar-refractivity contribution in [1.82, 2.24) is 9.88 Å². The fourth-order valence-corrected chi connectivity index (χ4v) is 5.81. The van der Waals surface area contributed by atoms with Gasteiger partial charge in [0, 0.05) is 18.3 Å². The van der Waals surface area contributed by atoms with E-state index in [1.54, 1.807) is 66.6 Å². The summed E-state index contributed by atoms with van der Waals surface area (Å²) in [5.74, 6) is -0.211. The van der Waals surface area contributed by atoms with Crippen LogP contribution < -0.4 is 4.72 Å². The van der Waals surface area contributed by atoms with E-state index in [1.807, 2.05) is 37.3 Å². The highest BCUT2D eigenvalue weighted by Gasteiger charge is 2.19. The maximum absolute atomic E-state index is 13.0. The van der Waals surface area contributed by atoms with Crippen LogP contribution >= 0.6 is 11.3 Å². The number of rotatable bonds is 6. The molecule has 0 bridgehead atoms. The van der Waals surface area contributed by atoms with Crippen molar-refractivity contribution in [2.24, 2.45) is 0 Å². The number of benzene rings is 3. The minimum absolute atomic E-state index is 0.211. The molecule has 1 N–H and O–H groups in total. The number of aryl methyl sites for hydroxylation is 2. The molecule has 0 unspecified atom stereocenters. The molecule has 6 nitrogen and oxygen atoms in total. The summed E-state index contributed by atoms with van der Waals surface area (Å²) in [7, 11) is -2.07. The zero-order valence-electron chi connectivity index (χ0n) is 18.0. The van der Waals surface area contributed by atoms with Gasteiger partial charge < -0.3 is 4.90 Å². The molecule has 164 valence electrons. The first-order valence-electron chi connectivity index (χ1n) is 10.0. The number of amides is 1. The number of nitrogens with zero attached hydrogens (tertiary/aromatic N) is 2. The van der Waals surface area contributed by atoms with Crippen LogP contribution in [0.1, 0.15) is 26.5 Å². The standard InChI is InChI=1S/C24H23N3O3S2/c1-16-11-12-17(2)22(13-16)32(29,30)26-19-8-6-7-18(14-19)24(28)27(3)15-23-25-20-9-4-5-10-21(20)31-23/h4-14,26H,15H2,1-3H3. The van der Waals surface area contributed by atoms with Crippen LogP contribution in [0.3, 0.4) is 0 Å². The molecule has 0 saturated heterocycles. The van der Waals surface area contributed by atoms with E-state index in [9.17, 15) is 13.2 Å². The Morgan fingerprint density at radius 1 is 1.03 bits per heavy atom. The molecule has 0 spiro atoms. The van der Waals surface area contributed by atoms with Gasteiger partial charge in [-0.2, -0.15) is 0 Å². The van der Waals surface area contributed by atoms with Crippen molar-refractivity contribution in [3.63, 3.8) is 0 Å². The summed E-state index contributed by atoms with van der Waals surface area (Å²) in [4.78, 5) is 19.4. The van der Waals surface area contributed by atoms with Crippen LogP contribution in [0, 0.1) is 13.8 Å². The molecule has 0 radical (unpaired) electrons. The number of aromatic nitrogens is 1. The van der Waals surface area contributed by atoms with Crippen LogP contribution in [0.4, 0.5) is 5.69 Å². The first-order chi connectivity index (χ1) is 15.2. The van der Waals surface area contributed by atoms with Crippen molar-refractivity contribution >= 4 is 43.2 Å². The molecule has 4 aromatic rings. The zero-order valence-corrected chi connectivity index (χ0v) is 19.6. The van der Waals surface area contributed by atoms with E-state index >= 15 is 0 Å². The van der Waals surface area contributed by atoms with Gasteiger partial charge in [-0.05, 0) is 61.4 Å². The Kier molecular flexibility index (Phi) is 5.99. The molecule has 3 aromatic carbocycles. The fourth-order valence-electron chi connectivity index (χ4n) is 3.41. The van der Waals surface area contributed by atoms with E-state index in [0.717, 1.165) is 20.8 Å². The quantitative estimate of drug-likeness (QED) is 0.435. The van der Waals surface area contributed by atoms with Gasteiger partial charge in [-0.25, -0.2) is 13.4 Å². The topological polar surface area (TPSA) is 79.4 Å². The predicted molar refractivity (Wildman–Crippen MR) is 129 cm³/mol.